The lowest BCUT2D eigenvalue weighted by Gasteiger charge is -2.32. The molecule has 0 radical (unpaired) electrons. The normalized spacial score (nSPS) is 21.9. The second-order valence-electron chi connectivity index (χ2n) is 5.63. The third-order valence-electron chi connectivity index (χ3n) is 3.70. The van der Waals surface area contributed by atoms with Crippen LogP contribution in [0.3, 0.4) is 0 Å². The Hall–Kier alpha value is -1.11. The first-order valence-corrected chi connectivity index (χ1v) is 8.87. The van der Waals surface area contributed by atoms with Crippen molar-refractivity contribution in [3.63, 3.8) is 0 Å². The molecule has 6 heteroatoms. The molecule has 0 aromatic heterocycles. The Bertz CT molecular complexity index is 581. The van der Waals surface area contributed by atoms with E-state index in [9.17, 15) is 8.42 Å². The van der Waals surface area contributed by atoms with E-state index in [2.05, 4.69) is 17.0 Å². The molecule has 0 spiro atoms. The van der Waals surface area contributed by atoms with Crippen molar-refractivity contribution in [2.45, 2.75) is 44.2 Å². The van der Waals surface area contributed by atoms with Crippen molar-refractivity contribution in [2.75, 3.05) is 13.7 Å². The van der Waals surface area contributed by atoms with Gasteiger partial charge in [-0.2, -0.15) is 0 Å². The van der Waals surface area contributed by atoms with Crippen LogP contribution in [0.5, 0.6) is 5.75 Å². The first kappa shape index (κ1) is 16.3. The molecule has 0 bridgehead atoms. The fourth-order valence-electron chi connectivity index (χ4n) is 2.63. The van der Waals surface area contributed by atoms with Gasteiger partial charge in [0.1, 0.15) is 5.75 Å². The molecule has 0 saturated heterocycles. The Morgan fingerprint density at radius 3 is 2.62 bits per heavy atom. The van der Waals surface area contributed by atoms with E-state index in [1.54, 1.807) is 18.2 Å². The summed E-state index contributed by atoms with van der Waals surface area (Å²) in [5.41, 5.74) is 0.851. The van der Waals surface area contributed by atoms with Gasteiger partial charge in [0, 0.05) is 18.2 Å². The van der Waals surface area contributed by atoms with Crippen LogP contribution in [0.4, 0.5) is 0 Å². The summed E-state index contributed by atoms with van der Waals surface area (Å²) in [5.74, 6) is 1.33. The molecular weight excluding hydrogens is 288 g/mol. The van der Waals surface area contributed by atoms with Crippen LogP contribution in [0.1, 0.15) is 32.3 Å². The van der Waals surface area contributed by atoms with Crippen LogP contribution in [-0.2, 0) is 16.6 Å². The van der Waals surface area contributed by atoms with Crippen LogP contribution < -0.4 is 14.8 Å². The lowest BCUT2D eigenvalue weighted by Crippen LogP contribution is -2.43. The van der Waals surface area contributed by atoms with Crippen LogP contribution in [0.25, 0.3) is 0 Å². The van der Waals surface area contributed by atoms with Gasteiger partial charge in [0.25, 0.3) is 0 Å². The molecule has 118 valence electrons. The van der Waals surface area contributed by atoms with Crippen molar-refractivity contribution in [3.05, 3.63) is 23.8 Å². The van der Waals surface area contributed by atoms with Crippen LogP contribution in [0, 0.1) is 5.92 Å². The number of sulfonamides is 1. The molecule has 0 heterocycles. The molecule has 21 heavy (non-hydrogen) atoms. The minimum atomic E-state index is -3.45. The van der Waals surface area contributed by atoms with Crippen molar-refractivity contribution in [1.29, 1.82) is 0 Å². The average Bonchev–Trinajstić information content (AvgIpc) is 2.39. The Balaban J connectivity index is 2.20. The lowest BCUT2D eigenvalue weighted by atomic mass is 9.83. The second-order valence-corrected chi connectivity index (χ2v) is 7.34. The summed E-state index contributed by atoms with van der Waals surface area (Å²) >= 11 is 0. The molecule has 0 amide bonds. The molecule has 1 fully saturated rings. The van der Waals surface area contributed by atoms with Gasteiger partial charge in [-0.1, -0.05) is 6.92 Å². The number of ether oxygens (including phenoxy) is 1. The molecule has 1 saturated carbocycles. The smallest absolute Gasteiger partial charge is 0.240 e. The highest BCUT2D eigenvalue weighted by Gasteiger charge is 2.30. The lowest BCUT2D eigenvalue weighted by molar-refractivity contribution is 0.270. The first-order chi connectivity index (χ1) is 9.96. The molecule has 0 unspecified atom stereocenters. The molecule has 1 aromatic rings. The standard InChI is InChI=1S/C15H24N2O3S/c1-4-20-15-6-5-14(9-12(15)10-16-3)21(18,19)17-13-7-11(2)8-13/h5-6,9,11,13,16-17H,4,7-8,10H2,1-3H3. The van der Waals surface area contributed by atoms with Gasteiger partial charge in [0.15, 0.2) is 0 Å². The summed E-state index contributed by atoms with van der Waals surface area (Å²) in [5, 5.41) is 3.04. The predicted molar refractivity (Wildman–Crippen MR) is 82.9 cm³/mol. The summed E-state index contributed by atoms with van der Waals surface area (Å²) < 4.78 is 33.1. The topological polar surface area (TPSA) is 67.4 Å². The Morgan fingerprint density at radius 2 is 2.05 bits per heavy atom. The minimum absolute atomic E-state index is 0.0734. The zero-order valence-corrected chi connectivity index (χ0v) is 13.7. The SMILES string of the molecule is CCOc1ccc(S(=O)(=O)NC2CC(C)C2)cc1CNC. The van der Waals surface area contributed by atoms with E-state index in [1.807, 2.05) is 14.0 Å². The number of benzene rings is 1. The van der Waals surface area contributed by atoms with Crippen molar-refractivity contribution in [1.82, 2.24) is 10.0 Å². The van der Waals surface area contributed by atoms with E-state index in [4.69, 9.17) is 4.74 Å². The van der Waals surface area contributed by atoms with Crippen LogP contribution in [0.2, 0.25) is 0 Å². The van der Waals surface area contributed by atoms with E-state index in [0.29, 0.717) is 24.0 Å². The Morgan fingerprint density at radius 1 is 1.33 bits per heavy atom. The minimum Gasteiger partial charge on any atom is -0.494 e. The second kappa shape index (κ2) is 6.77. The first-order valence-electron chi connectivity index (χ1n) is 7.39. The maximum absolute atomic E-state index is 12.4. The molecule has 1 aliphatic rings. The van der Waals surface area contributed by atoms with Gasteiger partial charge in [0.05, 0.1) is 11.5 Å². The van der Waals surface area contributed by atoms with E-state index < -0.39 is 10.0 Å². The van der Waals surface area contributed by atoms with Gasteiger partial charge in [-0.05, 0) is 50.9 Å². The maximum Gasteiger partial charge on any atom is 0.240 e. The van der Waals surface area contributed by atoms with Gasteiger partial charge in [-0.15, -0.1) is 0 Å². The maximum atomic E-state index is 12.4. The predicted octanol–water partition coefficient (Wildman–Crippen LogP) is 1.88. The third kappa shape index (κ3) is 3.96. The van der Waals surface area contributed by atoms with Crippen molar-refractivity contribution < 1.29 is 13.2 Å². The third-order valence-corrected chi connectivity index (χ3v) is 5.22. The highest BCUT2D eigenvalue weighted by molar-refractivity contribution is 7.89. The summed E-state index contributed by atoms with van der Waals surface area (Å²) in [7, 11) is -1.63. The van der Waals surface area contributed by atoms with Gasteiger partial charge in [0.2, 0.25) is 10.0 Å². The molecule has 2 N–H and O–H groups in total. The highest BCUT2D eigenvalue weighted by Crippen LogP contribution is 2.29. The van der Waals surface area contributed by atoms with E-state index in [1.165, 1.54) is 0 Å². The van der Waals surface area contributed by atoms with Gasteiger partial charge < -0.3 is 10.1 Å². The number of nitrogens with one attached hydrogen (secondary N) is 2. The summed E-state index contributed by atoms with van der Waals surface area (Å²) in [6, 6.07) is 5.10. The molecular formula is C15H24N2O3S. The van der Waals surface area contributed by atoms with Crippen molar-refractivity contribution in [2.24, 2.45) is 5.92 Å². The number of rotatable bonds is 7. The number of hydrogen-bond donors (Lipinski definition) is 2. The van der Waals surface area contributed by atoms with Gasteiger partial charge in [-0.3, -0.25) is 0 Å². The van der Waals surface area contributed by atoms with Gasteiger partial charge in [-0.25, -0.2) is 13.1 Å². The summed E-state index contributed by atoms with van der Waals surface area (Å²) in [4.78, 5) is 0.302. The largest absolute Gasteiger partial charge is 0.494 e. The van der Waals surface area contributed by atoms with Crippen molar-refractivity contribution in [3.8, 4) is 5.75 Å². The fraction of sp³-hybridized carbons (Fsp3) is 0.600. The number of hydrogen-bond acceptors (Lipinski definition) is 4. The summed E-state index contributed by atoms with van der Waals surface area (Å²) in [6.45, 7) is 5.17. The molecule has 1 aromatic carbocycles. The van der Waals surface area contributed by atoms with Crippen LogP contribution >= 0.6 is 0 Å². The molecule has 5 nitrogen and oxygen atoms in total. The molecule has 0 atom stereocenters. The van der Waals surface area contributed by atoms with Crippen molar-refractivity contribution >= 4 is 10.0 Å². The van der Waals surface area contributed by atoms with E-state index in [0.717, 1.165) is 24.2 Å². The average molecular weight is 312 g/mol. The summed E-state index contributed by atoms with van der Waals surface area (Å²) in [6.07, 6.45) is 1.83. The van der Waals surface area contributed by atoms with E-state index in [-0.39, 0.29) is 6.04 Å². The van der Waals surface area contributed by atoms with Gasteiger partial charge >= 0.3 is 0 Å². The molecule has 0 aliphatic heterocycles. The van der Waals surface area contributed by atoms with E-state index >= 15 is 0 Å². The quantitative estimate of drug-likeness (QED) is 0.807. The fourth-order valence-corrected chi connectivity index (χ4v) is 3.95. The zero-order chi connectivity index (χ0) is 15.5. The monoisotopic (exact) mass is 312 g/mol. The molecule has 1 aliphatic carbocycles. The molecule has 2 rings (SSSR count). The highest BCUT2D eigenvalue weighted by atomic mass is 32.2. The van der Waals surface area contributed by atoms with Crippen LogP contribution in [0.15, 0.2) is 23.1 Å². The zero-order valence-electron chi connectivity index (χ0n) is 12.8. The Labute approximate surface area is 127 Å². The van der Waals surface area contributed by atoms with Crippen LogP contribution in [-0.4, -0.2) is 28.1 Å². The Kier molecular flexibility index (Phi) is 5.24.